The molecule has 0 N–H and O–H groups in total. The molecule has 2 heterocycles. The lowest BCUT2D eigenvalue weighted by Crippen LogP contribution is -2.40. The van der Waals surface area contributed by atoms with Crippen molar-refractivity contribution >= 4 is 15.7 Å². The predicted octanol–water partition coefficient (Wildman–Crippen LogP) is 2.12. The molecule has 1 aromatic carbocycles. The minimum absolute atomic E-state index is 0.00436. The van der Waals surface area contributed by atoms with Crippen molar-refractivity contribution in [2.75, 3.05) is 18.6 Å². The van der Waals surface area contributed by atoms with Crippen LogP contribution in [0, 0.1) is 0 Å². The van der Waals surface area contributed by atoms with Crippen molar-refractivity contribution in [1.82, 2.24) is 4.90 Å². The highest BCUT2D eigenvalue weighted by Gasteiger charge is 2.35. The molecule has 0 bridgehead atoms. The van der Waals surface area contributed by atoms with Gasteiger partial charge in [0, 0.05) is 11.6 Å². The smallest absolute Gasteiger partial charge is 0.254 e. The first-order chi connectivity index (χ1) is 11.5. The van der Waals surface area contributed by atoms with Crippen molar-refractivity contribution < 1.29 is 22.4 Å². The minimum atomic E-state index is -3.09. The zero-order chi connectivity index (χ0) is 17.2. The van der Waals surface area contributed by atoms with Crippen molar-refractivity contribution in [1.29, 1.82) is 0 Å². The van der Waals surface area contributed by atoms with Gasteiger partial charge in [-0.25, -0.2) is 8.42 Å². The van der Waals surface area contributed by atoms with Crippen molar-refractivity contribution in [3.8, 4) is 5.75 Å². The largest absolute Gasteiger partial charge is 0.497 e. The number of sulfone groups is 1. The Kier molecular flexibility index (Phi) is 4.62. The molecule has 0 saturated carbocycles. The Balaban J connectivity index is 1.86. The zero-order valence-corrected chi connectivity index (χ0v) is 14.2. The summed E-state index contributed by atoms with van der Waals surface area (Å²) in [5.74, 6) is 1.18. The molecule has 1 atom stereocenters. The molecule has 24 heavy (non-hydrogen) atoms. The van der Waals surface area contributed by atoms with E-state index in [0.717, 1.165) is 0 Å². The fourth-order valence-electron chi connectivity index (χ4n) is 2.86. The van der Waals surface area contributed by atoms with Crippen LogP contribution in [0.4, 0.5) is 0 Å². The molecule has 1 amide bonds. The summed E-state index contributed by atoms with van der Waals surface area (Å²) in [6.07, 6.45) is 1.99. The fourth-order valence-corrected chi connectivity index (χ4v) is 4.59. The van der Waals surface area contributed by atoms with Gasteiger partial charge < -0.3 is 14.1 Å². The van der Waals surface area contributed by atoms with Crippen molar-refractivity contribution in [2.45, 2.75) is 19.0 Å². The first-order valence-corrected chi connectivity index (χ1v) is 9.48. The number of hydrogen-bond acceptors (Lipinski definition) is 5. The lowest BCUT2D eigenvalue weighted by atomic mass is 10.1. The summed E-state index contributed by atoms with van der Waals surface area (Å²) in [4.78, 5) is 14.5. The first-order valence-electron chi connectivity index (χ1n) is 7.66. The van der Waals surface area contributed by atoms with Gasteiger partial charge in [-0.05, 0) is 42.8 Å². The van der Waals surface area contributed by atoms with Gasteiger partial charge in [-0.15, -0.1) is 0 Å². The average molecular weight is 349 g/mol. The van der Waals surface area contributed by atoms with E-state index >= 15 is 0 Å². The normalized spacial score (nSPS) is 19.1. The monoisotopic (exact) mass is 349 g/mol. The van der Waals surface area contributed by atoms with E-state index in [2.05, 4.69) is 0 Å². The van der Waals surface area contributed by atoms with E-state index in [1.807, 2.05) is 0 Å². The second kappa shape index (κ2) is 6.68. The van der Waals surface area contributed by atoms with Gasteiger partial charge in [0.2, 0.25) is 0 Å². The van der Waals surface area contributed by atoms with E-state index in [-0.39, 0.29) is 30.0 Å². The predicted molar refractivity (Wildman–Crippen MR) is 88.6 cm³/mol. The highest BCUT2D eigenvalue weighted by Crippen LogP contribution is 2.23. The summed E-state index contributed by atoms with van der Waals surface area (Å²) in [5, 5.41) is 0. The standard InChI is InChI=1S/C17H19NO5S/c1-22-15-6-4-13(5-7-15)17(19)18(11-16-3-2-9-23-16)14-8-10-24(20,21)12-14/h2-7,9,14H,8,10-12H2,1H3/t14-/m1/s1. The van der Waals surface area contributed by atoms with Crippen molar-refractivity contribution in [3.63, 3.8) is 0 Å². The lowest BCUT2D eigenvalue weighted by molar-refractivity contribution is 0.0666. The molecule has 1 fully saturated rings. The van der Waals surface area contributed by atoms with E-state index < -0.39 is 9.84 Å². The number of methoxy groups -OCH3 is 1. The molecule has 6 nitrogen and oxygen atoms in total. The fraction of sp³-hybridized carbons (Fsp3) is 0.353. The molecule has 3 rings (SSSR count). The second-order valence-corrected chi connectivity index (χ2v) is 8.03. The van der Waals surface area contributed by atoms with Crippen LogP contribution in [0.25, 0.3) is 0 Å². The molecule has 1 saturated heterocycles. The number of benzene rings is 1. The minimum Gasteiger partial charge on any atom is -0.497 e. The number of carbonyl (C=O) groups is 1. The molecule has 128 valence electrons. The molecule has 0 radical (unpaired) electrons. The number of carbonyl (C=O) groups excluding carboxylic acids is 1. The van der Waals surface area contributed by atoms with Crippen LogP contribution < -0.4 is 4.74 Å². The van der Waals surface area contributed by atoms with Gasteiger partial charge >= 0.3 is 0 Å². The van der Waals surface area contributed by atoms with Crippen LogP contribution in [-0.4, -0.2) is 43.9 Å². The van der Waals surface area contributed by atoms with Gasteiger partial charge in [-0.3, -0.25) is 4.79 Å². The molecule has 1 aromatic heterocycles. The first kappa shape index (κ1) is 16.6. The van der Waals surface area contributed by atoms with Gasteiger partial charge in [-0.2, -0.15) is 0 Å². The van der Waals surface area contributed by atoms with E-state index in [9.17, 15) is 13.2 Å². The van der Waals surface area contributed by atoms with Gasteiger partial charge in [-0.1, -0.05) is 0 Å². The number of rotatable bonds is 5. The molecule has 0 spiro atoms. The molecule has 0 aliphatic carbocycles. The van der Waals surface area contributed by atoms with Crippen LogP contribution in [0.1, 0.15) is 22.5 Å². The summed E-state index contributed by atoms with van der Waals surface area (Å²) in [7, 11) is -1.53. The Bertz CT molecular complexity index is 796. The van der Waals surface area contributed by atoms with Crippen LogP contribution >= 0.6 is 0 Å². The van der Waals surface area contributed by atoms with Crippen LogP contribution in [-0.2, 0) is 16.4 Å². The summed E-state index contributed by atoms with van der Waals surface area (Å²) in [5.41, 5.74) is 0.492. The Hall–Kier alpha value is -2.28. The Morgan fingerprint density at radius 3 is 2.58 bits per heavy atom. The highest BCUT2D eigenvalue weighted by molar-refractivity contribution is 7.91. The van der Waals surface area contributed by atoms with Gasteiger partial charge in [0.05, 0.1) is 31.4 Å². The van der Waals surface area contributed by atoms with Crippen LogP contribution in [0.2, 0.25) is 0 Å². The third-order valence-electron chi connectivity index (χ3n) is 4.15. The number of ether oxygens (including phenoxy) is 1. The van der Waals surface area contributed by atoms with E-state index in [1.54, 1.807) is 48.4 Å². The van der Waals surface area contributed by atoms with Gasteiger partial charge in [0.25, 0.3) is 5.91 Å². The van der Waals surface area contributed by atoms with Gasteiger partial charge in [0.15, 0.2) is 9.84 Å². The number of nitrogens with zero attached hydrogens (tertiary/aromatic N) is 1. The third kappa shape index (κ3) is 3.62. The van der Waals surface area contributed by atoms with Crippen LogP contribution in [0.15, 0.2) is 47.1 Å². The van der Waals surface area contributed by atoms with Crippen LogP contribution in [0.3, 0.4) is 0 Å². The molecular formula is C17H19NO5S. The summed E-state index contributed by atoms with van der Waals surface area (Å²) < 4.78 is 34.1. The highest BCUT2D eigenvalue weighted by atomic mass is 32.2. The summed E-state index contributed by atoms with van der Waals surface area (Å²) in [6.45, 7) is 0.248. The molecular weight excluding hydrogens is 330 g/mol. The molecule has 1 aliphatic rings. The zero-order valence-electron chi connectivity index (χ0n) is 13.3. The maximum absolute atomic E-state index is 12.9. The van der Waals surface area contributed by atoms with Crippen molar-refractivity contribution in [3.05, 3.63) is 54.0 Å². The maximum Gasteiger partial charge on any atom is 0.254 e. The summed E-state index contributed by atoms with van der Waals surface area (Å²) >= 11 is 0. The number of hydrogen-bond donors (Lipinski definition) is 0. The van der Waals surface area contributed by atoms with E-state index in [1.165, 1.54) is 6.26 Å². The summed E-state index contributed by atoms with van der Waals surface area (Å²) in [6, 6.07) is 9.97. The number of furan rings is 1. The Morgan fingerprint density at radius 1 is 1.29 bits per heavy atom. The Labute approximate surface area is 140 Å². The quantitative estimate of drug-likeness (QED) is 0.826. The molecule has 2 aromatic rings. The topological polar surface area (TPSA) is 76.8 Å². The molecule has 0 unspecified atom stereocenters. The third-order valence-corrected chi connectivity index (χ3v) is 5.90. The Morgan fingerprint density at radius 2 is 2.04 bits per heavy atom. The van der Waals surface area contributed by atoms with Gasteiger partial charge in [0.1, 0.15) is 11.5 Å². The van der Waals surface area contributed by atoms with E-state index in [0.29, 0.717) is 23.5 Å². The lowest BCUT2D eigenvalue weighted by Gasteiger charge is -2.27. The van der Waals surface area contributed by atoms with E-state index in [4.69, 9.17) is 9.15 Å². The van der Waals surface area contributed by atoms with Crippen LogP contribution in [0.5, 0.6) is 5.75 Å². The molecule has 7 heteroatoms. The van der Waals surface area contributed by atoms with Crippen molar-refractivity contribution in [2.24, 2.45) is 0 Å². The maximum atomic E-state index is 12.9. The average Bonchev–Trinajstić information content (AvgIpc) is 3.21. The second-order valence-electron chi connectivity index (χ2n) is 5.80. The number of amides is 1. The SMILES string of the molecule is COc1ccc(C(=O)N(Cc2ccco2)[C@@H]2CCS(=O)(=O)C2)cc1. The molecule has 1 aliphatic heterocycles.